The topological polar surface area (TPSA) is 39.8 Å². The summed E-state index contributed by atoms with van der Waals surface area (Å²) in [7, 11) is 0. The van der Waals surface area contributed by atoms with Gasteiger partial charge in [-0.25, -0.2) is 4.98 Å². The van der Waals surface area contributed by atoms with Crippen LogP contribution >= 0.6 is 0 Å². The zero-order valence-electron chi connectivity index (χ0n) is 11.4. The number of imidazole rings is 1. The summed E-state index contributed by atoms with van der Waals surface area (Å²) in [6.45, 7) is 0. The Morgan fingerprint density at radius 3 is 3.10 bits per heavy atom. The molecule has 0 spiro atoms. The zero-order chi connectivity index (χ0) is 14.0. The quantitative estimate of drug-likeness (QED) is 0.723. The van der Waals surface area contributed by atoms with E-state index in [1.165, 1.54) is 16.1 Å². The minimum Gasteiger partial charge on any atom is -0.317 e. The molecule has 0 atom stereocenters. The van der Waals surface area contributed by atoms with Crippen molar-refractivity contribution in [2.24, 2.45) is 0 Å². The molecule has 0 bridgehead atoms. The van der Waals surface area contributed by atoms with Crippen LogP contribution in [0.5, 0.6) is 0 Å². The zero-order valence-corrected chi connectivity index (χ0v) is 11.4. The van der Waals surface area contributed by atoms with Crippen LogP contribution in [0.1, 0.15) is 25.0 Å². The van der Waals surface area contributed by atoms with Gasteiger partial charge in [-0.3, -0.25) is 9.36 Å². The molecule has 21 heavy (non-hydrogen) atoms. The molecular formula is C17H13N3O. The number of fused-ring (bicyclic) bond motifs is 4. The van der Waals surface area contributed by atoms with Crippen molar-refractivity contribution in [3.63, 3.8) is 0 Å². The largest absolute Gasteiger partial charge is 0.317 e. The highest BCUT2D eigenvalue weighted by Gasteiger charge is 2.25. The van der Waals surface area contributed by atoms with E-state index in [1.54, 1.807) is 6.08 Å². The molecule has 0 saturated heterocycles. The number of carbonyl (C=O) groups is 1. The molecule has 0 amide bonds. The summed E-state index contributed by atoms with van der Waals surface area (Å²) < 4.78 is 4.32. The number of carbonyl (C=O) groups excluding carboxylic acids is 1. The smallest absolute Gasteiger partial charge is 0.161 e. The molecule has 5 rings (SSSR count). The molecule has 0 aromatic carbocycles. The molecule has 4 nitrogen and oxygen atoms in total. The third kappa shape index (κ3) is 1.34. The summed E-state index contributed by atoms with van der Waals surface area (Å²) >= 11 is 0. The summed E-state index contributed by atoms with van der Waals surface area (Å²) in [5, 5.41) is 2.50. The predicted molar refractivity (Wildman–Crippen MR) is 80.3 cm³/mol. The normalized spacial score (nSPS) is 18.9. The molecule has 3 aliphatic rings. The number of nitrogens with zero attached hydrogens (tertiary/aromatic N) is 3. The van der Waals surface area contributed by atoms with Crippen molar-refractivity contribution in [1.29, 1.82) is 0 Å². The Hall–Kier alpha value is -2.62. The summed E-state index contributed by atoms with van der Waals surface area (Å²) in [5.74, 6) is 0.154. The van der Waals surface area contributed by atoms with Crippen molar-refractivity contribution in [3.05, 3.63) is 53.2 Å². The van der Waals surface area contributed by atoms with Crippen molar-refractivity contribution >= 4 is 28.8 Å². The van der Waals surface area contributed by atoms with Crippen molar-refractivity contribution in [1.82, 2.24) is 14.1 Å². The molecule has 2 aromatic rings. The van der Waals surface area contributed by atoms with Crippen molar-refractivity contribution < 1.29 is 4.79 Å². The molecule has 0 fully saturated rings. The first kappa shape index (κ1) is 11.1. The second kappa shape index (κ2) is 3.73. The maximum absolute atomic E-state index is 11.9. The fraction of sp³-hybridized carbons (Fsp3) is 0.176. The van der Waals surface area contributed by atoms with Crippen LogP contribution in [0, 0.1) is 0 Å². The van der Waals surface area contributed by atoms with Gasteiger partial charge in [-0.05, 0) is 36.3 Å². The second-order valence-electron chi connectivity index (χ2n) is 5.67. The first-order valence-corrected chi connectivity index (χ1v) is 7.21. The van der Waals surface area contributed by atoms with E-state index in [1.807, 2.05) is 18.6 Å². The van der Waals surface area contributed by atoms with Gasteiger partial charge in [0.1, 0.15) is 0 Å². The van der Waals surface area contributed by atoms with Crippen molar-refractivity contribution in [2.45, 2.75) is 19.3 Å². The third-order valence-corrected chi connectivity index (χ3v) is 4.52. The number of hydrogen-bond acceptors (Lipinski definition) is 2. The molecule has 0 unspecified atom stereocenters. The number of ketones is 1. The van der Waals surface area contributed by atoms with Crippen LogP contribution in [0.2, 0.25) is 0 Å². The van der Waals surface area contributed by atoms with Crippen molar-refractivity contribution in [3.8, 4) is 0 Å². The van der Waals surface area contributed by atoms with E-state index in [-0.39, 0.29) is 5.78 Å². The van der Waals surface area contributed by atoms with E-state index >= 15 is 0 Å². The lowest BCUT2D eigenvalue weighted by atomic mass is 10.0. The van der Waals surface area contributed by atoms with Crippen LogP contribution in [0.4, 0.5) is 0 Å². The minimum absolute atomic E-state index is 0.154. The third-order valence-electron chi connectivity index (χ3n) is 4.52. The molecular weight excluding hydrogens is 262 g/mol. The van der Waals surface area contributed by atoms with Gasteiger partial charge in [0.05, 0.1) is 41.4 Å². The molecule has 0 saturated carbocycles. The van der Waals surface area contributed by atoms with Gasteiger partial charge in [0.25, 0.3) is 0 Å². The second-order valence-corrected chi connectivity index (χ2v) is 5.67. The van der Waals surface area contributed by atoms with E-state index in [4.69, 9.17) is 0 Å². The molecule has 0 N–H and O–H groups in total. The van der Waals surface area contributed by atoms with Crippen LogP contribution in [0.25, 0.3) is 23.0 Å². The van der Waals surface area contributed by atoms with E-state index in [0.29, 0.717) is 6.42 Å². The summed E-state index contributed by atoms with van der Waals surface area (Å²) in [5.41, 5.74) is 4.58. The predicted octanol–water partition coefficient (Wildman–Crippen LogP) is 1.13. The highest BCUT2D eigenvalue weighted by atomic mass is 16.1. The minimum atomic E-state index is 0.154. The van der Waals surface area contributed by atoms with Gasteiger partial charge < -0.3 is 4.57 Å². The average Bonchev–Trinajstić information content (AvgIpc) is 3.11. The lowest BCUT2D eigenvalue weighted by Gasteiger charge is -2.16. The van der Waals surface area contributed by atoms with E-state index in [9.17, 15) is 4.79 Å². The number of aromatic nitrogens is 3. The SMILES string of the molecule is O=C1C=CC2=C(C1)n1ccc3c1=C(CCC=3)c1cncn12. The Morgan fingerprint density at radius 1 is 1.19 bits per heavy atom. The van der Waals surface area contributed by atoms with Gasteiger partial charge >= 0.3 is 0 Å². The summed E-state index contributed by atoms with van der Waals surface area (Å²) in [4.78, 5) is 16.2. The first-order valence-electron chi connectivity index (χ1n) is 7.21. The number of rotatable bonds is 0. The molecule has 2 aromatic heterocycles. The fourth-order valence-corrected chi connectivity index (χ4v) is 3.62. The van der Waals surface area contributed by atoms with Gasteiger partial charge in [-0.2, -0.15) is 0 Å². The van der Waals surface area contributed by atoms with Crippen molar-refractivity contribution in [2.75, 3.05) is 0 Å². The molecule has 0 radical (unpaired) electrons. The summed E-state index contributed by atoms with van der Waals surface area (Å²) in [6, 6.07) is 2.15. The summed E-state index contributed by atoms with van der Waals surface area (Å²) in [6.07, 6.45) is 14.2. The van der Waals surface area contributed by atoms with E-state index < -0.39 is 0 Å². The van der Waals surface area contributed by atoms with E-state index in [0.717, 1.165) is 29.9 Å². The molecule has 102 valence electrons. The highest BCUT2D eigenvalue weighted by molar-refractivity contribution is 6.05. The monoisotopic (exact) mass is 275 g/mol. The van der Waals surface area contributed by atoms with Crippen LogP contribution in [-0.4, -0.2) is 19.9 Å². The Morgan fingerprint density at radius 2 is 2.14 bits per heavy atom. The fourth-order valence-electron chi connectivity index (χ4n) is 3.62. The van der Waals surface area contributed by atoms with Gasteiger partial charge in [0.15, 0.2) is 5.78 Å². The van der Waals surface area contributed by atoms with Gasteiger partial charge in [0.2, 0.25) is 0 Å². The van der Waals surface area contributed by atoms with Gasteiger partial charge in [0, 0.05) is 11.8 Å². The van der Waals surface area contributed by atoms with Gasteiger partial charge in [-0.1, -0.05) is 6.08 Å². The Labute approximate surface area is 121 Å². The lowest BCUT2D eigenvalue weighted by molar-refractivity contribution is -0.113. The Balaban J connectivity index is 2.01. The lowest BCUT2D eigenvalue weighted by Crippen LogP contribution is -2.33. The molecule has 4 heteroatoms. The van der Waals surface area contributed by atoms with Gasteiger partial charge in [-0.15, -0.1) is 0 Å². The maximum Gasteiger partial charge on any atom is 0.161 e. The van der Waals surface area contributed by atoms with Crippen LogP contribution in [0.3, 0.4) is 0 Å². The Bertz CT molecular complexity index is 982. The van der Waals surface area contributed by atoms with E-state index in [2.05, 4.69) is 32.5 Å². The highest BCUT2D eigenvalue weighted by Crippen LogP contribution is 2.31. The molecule has 2 aliphatic carbocycles. The Kier molecular flexibility index (Phi) is 1.97. The standard InChI is InChI=1S/C17H13N3O/c21-12-4-5-14-15(8-12)19-7-6-11-2-1-3-13(17(11)19)16-9-18-10-20(14)16/h2,4-7,9-10H,1,3,8H2. The van der Waals surface area contributed by atoms with Crippen LogP contribution in [-0.2, 0) is 4.79 Å². The average molecular weight is 275 g/mol. The molecule has 1 aliphatic heterocycles. The van der Waals surface area contributed by atoms with Crippen LogP contribution in [0.15, 0.2) is 36.9 Å². The number of hydrogen-bond donors (Lipinski definition) is 0. The molecule has 3 heterocycles. The first-order chi connectivity index (χ1) is 10.3. The number of allylic oxidation sites excluding steroid dienone is 4. The van der Waals surface area contributed by atoms with Crippen LogP contribution < -0.4 is 10.6 Å². The maximum atomic E-state index is 11.9.